The Morgan fingerprint density at radius 3 is 2.67 bits per heavy atom. The molecule has 6 heteroatoms. The van der Waals surface area contributed by atoms with Gasteiger partial charge in [0, 0.05) is 19.6 Å². The van der Waals surface area contributed by atoms with E-state index in [1.165, 1.54) is 25.1 Å². The van der Waals surface area contributed by atoms with Crippen molar-refractivity contribution in [1.82, 2.24) is 19.8 Å². The molecule has 3 aliphatic heterocycles. The number of fused-ring (bicyclic) bond motifs is 3. The van der Waals surface area contributed by atoms with Crippen LogP contribution in [0.1, 0.15) is 23.3 Å². The first-order valence-corrected chi connectivity index (χ1v) is 8.42. The maximum atomic E-state index is 13.0. The van der Waals surface area contributed by atoms with Crippen LogP contribution in [0.4, 0.5) is 4.39 Å². The summed E-state index contributed by atoms with van der Waals surface area (Å²) in [6.45, 7) is 3.26. The second-order valence-corrected chi connectivity index (χ2v) is 6.74. The smallest absolute Gasteiger partial charge is 0.268 e. The van der Waals surface area contributed by atoms with E-state index in [9.17, 15) is 9.18 Å². The molecule has 0 radical (unpaired) electrons. The molecule has 126 valence electrons. The molecule has 2 bridgehead atoms. The summed E-state index contributed by atoms with van der Waals surface area (Å²) in [5.41, 5.74) is 2.06. The zero-order chi connectivity index (χ0) is 16.7. The minimum Gasteiger partial charge on any atom is -0.346 e. The first kappa shape index (κ1) is 15.3. The highest BCUT2D eigenvalue weighted by Crippen LogP contribution is 2.28. The van der Waals surface area contributed by atoms with Crippen LogP contribution < -0.4 is 5.32 Å². The first-order valence-electron chi connectivity index (χ1n) is 8.42. The van der Waals surface area contributed by atoms with Gasteiger partial charge >= 0.3 is 0 Å². The third-order valence-electron chi connectivity index (χ3n) is 5.32. The van der Waals surface area contributed by atoms with Gasteiger partial charge in [0.15, 0.2) is 0 Å². The minimum absolute atomic E-state index is 0.0513. The van der Waals surface area contributed by atoms with Gasteiger partial charge in [-0.2, -0.15) is 0 Å². The molecular formula is C18H21FN4O. The Morgan fingerprint density at radius 1 is 1.25 bits per heavy atom. The molecule has 5 rings (SSSR count). The number of pyridine rings is 1. The molecule has 0 saturated carbocycles. The number of amides is 1. The summed E-state index contributed by atoms with van der Waals surface area (Å²) in [6.07, 6.45) is 3.53. The average Bonchev–Trinajstić information content (AvgIpc) is 2.98. The fraction of sp³-hybridized carbons (Fsp3) is 0.444. The van der Waals surface area contributed by atoms with Crippen molar-refractivity contribution >= 4 is 5.91 Å². The van der Waals surface area contributed by atoms with Crippen LogP contribution in [0.3, 0.4) is 0 Å². The van der Waals surface area contributed by atoms with Gasteiger partial charge in [-0.15, -0.1) is 0 Å². The number of carbonyl (C=O) groups excluding carboxylic acids is 1. The van der Waals surface area contributed by atoms with E-state index in [4.69, 9.17) is 0 Å². The van der Waals surface area contributed by atoms with Gasteiger partial charge in [-0.05, 0) is 56.1 Å². The van der Waals surface area contributed by atoms with Crippen molar-refractivity contribution in [2.45, 2.75) is 18.9 Å². The number of aromatic nitrogens is 2. The van der Waals surface area contributed by atoms with Gasteiger partial charge in [-0.25, -0.2) is 4.39 Å². The molecule has 0 aliphatic carbocycles. The Bertz CT molecular complexity index is 747. The Hall–Kier alpha value is -2.21. The van der Waals surface area contributed by atoms with Gasteiger partial charge in [0.05, 0.1) is 17.6 Å². The van der Waals surface area contributed by atoms with E-state index in [2.05, 4.69) is 15.2 Å². The molecule has 3 saturated heterocycles. The lowest BCUT2D eigenvalue weighted by molar-refractivity contribution is 0.0616. The lowest BCUT2D eigenvalue weighted by Gasteiger charge is -2.44. The summed E-state index contributed by atoms with van der Waals surface area (Å²) >= 11 is 0. The van der Waals surface area contributed by atoms with Crippen molar-refractivity contribution in [1.29, 1.82) is 0 Å². The molecule has 5 nitrogen and oxygen atoms in total. The van der Waals surface area contributed by atoms with Crippen LogP contribution in [0.2, 0.25) is 0 Å². The molecule has 0 aromatic carbocycles. The fourth-order valence-corrected chi connectivity index (χ4v) is 3.89. The fourth-order valence-electron chi connectivity index (χ4n) is 3.89. The highest BCUT2D eigenvalue weighted by molar-refractivity contribution is 5.94. The number of hydrogen-bond donors (Lipinski definition) is 1. The van der Waals surface area contributed by atoms with Crippen LogP contribution in [0.15, 0.2) is 30.5 Å². The Morgan fingerprint density at radius 2 is 2.04 bits per heavy atom. The van der Waals surface area contributed by atoms with Crippen LogP contribution in [-0.4, -0.2) is 46.0 Å². The molecule has 24 heavy (non-hydrogen) atoms. The van der Waals surface area contributed by atoms with Gasteiger partial charge in [0.2, 0.25) is 0 Å². The van der Waals surface area contributed by atoms with Gasteiger partial charge < -0.3 is 14.8 Å². The topological polar surface area (TPSA) is 50.2 Å². The third-order valence-corrected chi connectivity index (χ3v) is 5.32. The molecule has 1 atom stereocenters. The second kappa shape index (κ2) is 6.02. The predicted octanol–water partition coefficient (Wildman–Crippen LogP) is 2.05. The number of carbonyl (C=O) groups is 1. The Kier molecular flexibility index (Phi) is 3.84. The molecule has 3 fully saturated rings. The molecule has 1 N–H and O–H groups in total. The Balaban J connectivity index is 1.52. The van der Waals surface area contributed by atoms with Gasteiger partial charge in [-0.1, -0.05) is 0 Å². The summed E-state index contributed by atoms with van der Waals surface area (Å²) in [5, 5.41) is 3.20. The zero-order valence-corrected chi connectivity index (χ0v) is 13.7. The van der Waals surface area contributed by atoms with E-state index < -0.39 is 0 Å². The normalized spacial score (nSPS) is 25.7. The number of nitrogens with one attached hydrogen (secondary N) is 1. The summed E-state index contributed by atoms with van der Waals surface area (Å²) in [5.74, 6) is 0.176. The van der Waals surface area contributed by atoms with Gasteiger partial charge in [0.1, 0.15) is 11.5 Å². The zero-order valence-electron chi connectivity index (χ0n) is 13.7. The van der Waals surface area contributed by atoms with E-state index in [1.54, 1.807) is 12.1 Å². The number of nitrogens with zero attached hydrogens (tertiary/aromatic N) is 3. The Labute approximate surface area is 140 Å². The molecular weight excluding hydrogens is 307 g/mol. The lowest BCUT2D eigenvalue weighted by atomic mass is 9.84. The van der Waals surface area contributed by atoms with Crippen molar-refractivity contribution in [3.8, 4) is 11.4 Å². The van der Waals surface area contributed by atoms with Crippen LogP contribution in [-0.2, 0) is 7.05 Å². The van der Waals surface area contributed by atoms with Crippen LogP contribution in [0.25, 0.3) is 11.4 Å². The van der Waals surface area contributed by atoms with Crippen molar-refractivity contribution in [3.63, 3.8) is 0 Å². The average molecular weight is 328 g/mol. The van der Waals surface area contributed by atoms with Crippen LogP contribution in [0, 0.1) is 11.7 Å². The summed E-state index contributed by atoms with van der Waals surface area (Å²) in [7, 11) is 1.84. The standard InChI is InChI=1S/C18H21FN4O/c1-22-16(14-3-2-13(19)10-20-14)4-5-17(22)18(24)21-15-11-23-8-6-12(15)7-9-23/h2-5,10,12,15H,6-9,11H2,1H3,(H,21,24)/t15-/m0/s1. The molecule has 1 amide bonds. The van der Waals surface area contributed by atoms with E-state index in [0.29, 0.717) is 17.3 Å². The van der Waals surface area contributed by atoms with Crippen molar-refractivity contribution in [3.05, 3.63) is 42.0 Å². The molecule has 5 heterocycles. The van der Waals surface area contributed by atoms with Crippen molar-refractivity contribution in [2.75, 3.05) is 19.6 Å². The van der Waals surface area contributed by atoms with Crippen molar-refractivity contribution < 1.29 is 9.18 Å². The number of piperidine rings is 3. The number of rotatable bonds is 3. The van der Waals surface area contributed by atoms with Crippen LogP contribution >= 0.6 is 0 Å². The van der Waals surface area contributed by atoms with E-state index >= 15 is 0 Å². The lowest BCUT2D eigenvalue weighted by Crippen LogP contribution is -2.57. The maximum Gasteiger partial charge on any atom is 0.268 e. The largest absolute Gasteiger partial charge is 0.346 e. The highest BCUT2D eigenvalue weighted by atomic mass is 19.1. The minimum atomic E-state index is -0.367. The summed E-state index contributed by atoms with van der Waals surface area (Å²) in [4.78, 5) is 19.2. The summed E-state index contributed by atoms with van der Waals surface area (Å²) < 4.78 is 14.8. The number of hydrogen-bond acceptors (Lipinski definition) is 3. The molecule has 2 aromatic rings. The second-order valence-electron chi connectivity index (χ2n) is 6.74. The SMILES string of the molecule is Cn1c(C(=O)N[C@H]2CN3CCC2CC3)ccc1-c1ccc(F)cn1. The quantitative estimate of drug-likeness (QED) is 0.938. The first-order chi connectivity index (χ1) is 11.6. The molecule has 0 unspecified atom stereocenters. The van der Waals surface area contributed by atoms with E-state index in [0.717, 1.165) is 25.3 Å². The monoisotopic (exact) mass is 328 g/mol. The van der Waals surface area contributed by atoms with Gasteiger partial charge in [-0.3, -0.25) is 9.78 Å². The van der Waals surface area contributed by atoms with Crippen molar-refractivity contribution in [2.24, 2.45) is 13.0 Å². The maximum absolute atomic E-state index is 13.0. The summed E-state index contributed by atoms with van der Waals surface area (Å²) in [6, 6.07) is 6.90. The van der Waals surface area contributed by atoms with Gasteiger partial charge in [0.25, 0.3) is 5.91 Å². The van der Waals surface area contributed by atoms with E-state index in [1.807, 2.05) is 17.7 Å². The number of halogens is 1. The highest BCUT2D eigenvalue weighted by Gasteiger charge is 2.35. The van der Waals surface area contributed by atoms with E-state index in [-0.39, 0.29) is 17.8 Å². The van der Waals surface area contributed by atoms with Crippen LogP contribution in [0.5, 0.6) is 0 Å². The predicted molar refractivity (Wildman–Crippen MR) is 89.0 cm³/mol. The molecule has 3 aliphatic rings. The molecule has 2 aromatic heterocycles. The third kappa shape index (κ3) is 2.71. The molecule has 0 spiro atoms.